The maximum absolute atomic E-state index is 13.3. The first-order chi connectivity index (χ1) is 16.0. The van der Waals surface area contributed by atoms with Crippen molar-refractivity contribution in [3.8, 4) is 5.75 Å². The van der Waals surface area contributed by atoms with Gasteiger partial charge in [-0.05, 0) is 60.7 Å². The van der Waals surface area contributed by atoms with Gasteiger partial charge in [-0.1, -0.05) is 29.0 Å². The third-order valence-electron chi connectivity index (χ3n) is 4.86. The number of ether oxygens (including phenoxy) is 1. The molecule has 33 heavy (non-hydrogen) atoms. The van der Waals surface area contributed by atoms with Gasteiger partial charge < -0.3 is 4.74 Å². The van der Waals surface area contributed by atoms with Crippen LogP contribution in [0.15, 0.2) is 65.7 Å². The van der Waals surface area contributed by atoms with Crippen LogP contribution in [0.1, 0.15) is 18.5 Å². The second-order valence-electron chi connectivity index (χ2n) is 7.13. The van der Waals surface area contributed by atoms with Crippen molar-refractivity contribution in [1.29, 1.82) is 0 Å². The van der Waals surface area contributed by atoms with Gasteiger partial charge in [0.25, 0.3) is 0 Å². The first-order valence-electron chi connectivity index (χ1n) is 10.3. The van der Waals surface area contributed by atoms with Gasteiger partial charge in [0.15, 0.2) is 5.13 Å². The van der Waals surface area contributed by atoms with Crippen LogP contribution in [-0.4, -0.2) is 28.7 Å². The molecule has 0 unspecified atom stereocenters. The molecule has 1 amide bonds. The lowest BCUT2D eigenvalue weighted by Crippen LogP contribution is -2.30. The third kappa shape index (κ3) is 5.82. The molecule has 5 nitrogen and oxygen atoms in total. The van der Waals surface area contributed by atoms with Gasteiger partial charge in [-0.15, -0.1) is 11.8 Å². The number of thioether (sulfide) groups is 1. The third-order valence-corrected chi connectivity index (χ3v) is 7.50. The summed E-state index contributed by atoms with van der Waals surface area (Å²) >= 11 is 9.34. The smallest absolute Gasteiger partial charge is 0.229 e. The fourth-order valence-corrected chi connectivity index (χ4v) is 5.34. The molecule has 0 spiro atoms. The Labute approximate surface area is 204 Å². The number of amides is 1. The van der Waals surface area contributed by atoms with Crippen molar-refractivity contribution < 1.29 is 13.9 Å². The number of anilines is 1. The van der Waals surface area contributed by atoms with E-state index in [1.165, 1.54) is 23.5 Å². The molecular formula is C24H21ClFN3O2S2. The Balaban J connectivity index is 1.52. The lowest BCUT2D eigenvalue weighted by Gasteiger charge is -2.19. The standard InChI is InChI=1S/C24H21ClFN3O2S2/c1-31-20-12-11-19(25)23-22(20)28-24(33-23)29(15-17-5-2-3-13-27-17)21(30)6-4-14-32-18-9-7-16(26)8-10-18/h2-3,5,7-13H,4,6,14-15H2,1H3. The van der Waals surface area contributed by atoms with Crippen LogP contribution < -0.4 is 9.64 Å². The average molecular weight is 502 g/mol. The van der Waals surface area contributed by atoms with Crippen molar-refractivity contribution in [2.45, 2.75) is 24.3 Å². The van der Waals surface area contributed by atoms with Crippen LogP contribution in [0.4, 0.5) is 9.52 Å². The summed E-state index contributed by atoms with van der Waals surface area (Å²) in [7, 11) is 1.58. The monoisotopic (exact) mass is 501 g/mol. The quantitative estimate of drug-likeness (QED) is 0.191. The molecule has 0 bridgehead atoms. The normalized spacial score (nSPS) is 11.0. The van der Waals surface area contributed by atoms with Crippen LogP contribution in [0.2, 0.25) is 5.02 Å². The lowest BCUT2D eigenvalue weighted by atomic mass is 10.2. The van der Waals surface area contributed by atoms with Crippen LogP contribution in [0.3, 0.4) is 0 Å². The van der Waals surface area contributed by atoms with Crippen LogP contribution in [-0.2, 0) is 11.3 Å². The van der Waals surface area contributed by atoms with E-state index in [-0.39, 0.29) is 11.7 Å². The fraction of sp³-hybridized carbons (Fsp3) is 0.208. The largest absolute Gasteiger partial charge is 0.494 e. The Hall–Kier alpha value is -2.68. The van der Waals surface area contributed by atoms with E-state index >= 15 is 0 Å². The molecule has 0 aliphatic rings. The van der Waals surface area contributed by atoms with E-state index in [0.29, 0.717) is 40.8 Å². The van der Waals surface area contributed by atoms with E-state index in [1.54, 1.807) is 54.2 Å². The molecule has 9 heteroatoms. The van der Waals surface area contributed by atoms with Crippen molar-refractivity contribution in [2.24, 2.45) is 0 Å². The summed E-state index contributed by atoms with van der Waals surface area (Å²) in [6, 6.07) is 15.5. The molecular weight excluding hydrogens is 481 g/mol. The number of fused-ring (bicyclic) bond motifs is 1. The van der Waals surface area contributed by atoms with Crippen LogP contribution in [0.5, 0.6) is 5.75 Å². The van der Waals surface area contributed by atoms with Crippen LogP contribution in [0, 0.1) is 5.82 Å². The minimum atomic E-state index is -0.257. The van der Waals surface area contributed by atoms with Crippen molar-refractivity contribution in [2.75, 3.05) is 17.8 Å². The summed E-state index contributed by atoms with van der Waals surface area (Å²) in [6.07, 6.45) is 2.73. The minimum absolute atomic E-state index is 0.0468. The number of halogens is 2. The van der Waals surface area contributed by atoms with Gasteiger partial charge in [-0.2, -0.15) is 0 Å². The summed E-state index contributed by atoms with van der Waals surface area (Å²) in [6.45, 7) is 0.310. The molecule has 0 atom stereocenters. The molecule has 170 valence electrons. The molecule has 0 radical (unpaired) electrons. The number of carbonyl (C=O) groups is 1. The Morgan fingerprint density at radius 2 is 2.00 bits per heavy atom. The number of nitrogens with zero attached hydrogens (tertiary/aromatic N) is 3. The maximum Gasteiger partial charge on any atom is 0.229 e. The molecule has 2 aromatic heterocycles. The Bertz CT molecular complexity index is 1240. The van der Waals surface area contributed by atoms with Gasteiger partial charge in [0.2, 0.25) is 5.91 Å². The van der Waals surface area contributed by atoms with Crippen molar-refractivity contribution in [3.05, 3.63) is 77.3 Å². The number of hydrogen-bond donors (Lipinski definition) is 0. The van der Waals surface area contributed by atoms with E-state index in [2.05, 4.69) is 4.98 Å². The number of hydrogen-bond acceptors (Lipinski definition) is 6. The molecule has 0 aliphatic carbocycles. The van der Waals surface area contributed by atoms with E-state index in [0.717, 1.165) is 21.0 Å². The SMILES string of the molecule is COc1ccc(Cl)c2sc(N(Cc3ccccn3)C(=O)CCCSc3ccc(F)cc3)nc12. The first kappa shape index (κ1) is 23.5. The highest BCUT2D eigenvalue weighted by Gasteiger charge is 2.22. The Kier molecular flexibility index (Phi) is 7.80. The highest BCUT2D eigenvalue weighted by atomic mass is 35.5. The number of pyridine rings is 1. The summed E-state index contributed by atoms with van der Waals surface area (Å²) < 4.78 is 19.3. The molecule has 2 heterocycles. The van der Waals surface area contributed by atoms with E-state index in [4.69, 9.17) is 21.3 Å². The predicted octanol–water partition coefficient (Wildman–Crippen LogP) is 6.60. The zero-order valence-corrected chi connectivity index (χ0v) is 20.2. The molecule has 0 aliphatic heterocycles. The maximum atomic E-state index is 13.3. The van der Waals surface area contributed by atoms with Crippen molar-refractivity contribution in [1.82, 2.24) is 9.97 Å². The highest BCUT2D eigenvalue weighted by Crippen LogP contribution is 2.39. The number of benzene rings is 2. The molecule has 0 fully saturated rings. The first-order valence-corrected chi connectivity index (χ1v) is 12.4. The number of methoxy groups -OCH3 is 1. The molecule has 0 N–H and O–H groups in total. The van der Waals surface area contributed by atoms with Crippen molar-refractivity contribution in [3.63, 3.8) is 0 Å². The van der Waals surface area contributed by atoms with Gasteiger partial charge in [-0.3, -0.25) is 14.7 Å². The minimum Gasteiger partial charge on any atom is -0.494 e. The highest BCUT2D eigenvalue weighted by molar-refractivity contribution is 7.99. The molecule has 0 saturated carbocycles. The molecule has 4 aromatic rings. The van der Waals surface area contributed by atoms with E-state index in [9.17, 15) is 9.18 Å². The van der Waals surface area contributed by atoms with Gasteiger partial charge in [-0.25, -0.2) is 9.37 Å². The number of carbonyl (C=O) groups excluding carboxylic acids is 1. The fourth-order valence-electron chi connectivity index (χ4n) is 3.22. The second-order valence-corrected chi connectivity index (χ2v) is 9.68. The zero-order valence-electron chi connectivity index (χ0n) is 17.8. The lowest BCUT2D eigenvalue weighted by molar-refractivity contribution is -0.118. The summed E-state index contributed by atoms with van der Waals surface area (Å²) in [5.41, 5.74) is 1.40. The second kappa shape index (κ2) is 11.0. The molecule has 4 rings (SSSR count). The van der Waals surface area contributed by atoms with Gasteiger partial charge in [0.05, 0.1) is 29.1 Å². The molecule has 0 saturated heterocycles. The molecule has 2 aromatic carbocycles. The van der Waals surface area contributed by atoms with E-state index < -0.39 is 0 Å². The Morgan fingerprint density at radius 1 is 1.18 bits per heavy atom. The number of aromatic nitrogens is 2. The summed E-state index contributed by atoms with van der Waals surface area (Å²) in [5.74, 6) is 1.05. The van der Waals surface area contributed by atoms with Crippen LogP contribution in [0.25, 0.3) is 10.2 Å². The zero-order chi connectivity index (χ0) is 23.2. The van der Waals surface area contributed by atoms with Gasteiger partial charge in [0.1, 0.15) is 17.1 Å². The van der Waals surface area contributed by atoms with Gasteiger partial charge >= 0.3 is 0 Å². The van der Waals surface area contributed by atoms with Crippen molar-refractivity contribution >= 4 is 56.0 Å². The average Bonchev–Trinajstić information content (AvgIpc) is 3.28. The Morgan fingerprint density at radius 3 is 2.73 bits per heavy atom. The number of rotatable bonds is 9. The topological polar surface area (TPSA) is 55.3 Å². The predicted molar refractivity (Wildman–Crippen MR) is 133 cm³/mol. The number of thiazole rings is 1. The van der Waals surface area contributed by atoms with Crippen LogP contribution >= 0.6 is 34.7 Å². The summed E-state index contributed by atoms with van der Waals surface area (Å²) in [5, 5.41) is 1.12. The summed E-state index contributed by atoms with van der Waals surface area (Å²) in [4.78, 5) is 25.0. The van der Waals surface area contributed by atoms with Gasteiger partial charge in [0, 0.05) is 17.5 Å². The van der Waals surface area contributed by atoms with E-state index in [1.807, 2.05) is 18.2 Å².